The number of aliphatic hydroxyl groups excluding tert-OH is 1. The van der Waals surface area contributed by atoms with Gasteiger partial charge in [-0.05, 0) is 51.4 Å². The number of carbonyl (C=O) groups excluding carboxylic acids is 2. The lowest BCUT2D eigenvalue weighted by Gasteiger charge is -2.15. The summed E-state index contributed by atoms with van der Waals surface area (Å²) in [5.41, 5.74) is 0. The van der Waals surface area contributed by atoms with E-state index in [2.05, 4.69) is 38.2 Å². The average molecular weight is 517 g/mol. The van der Waals surface area contributed by atoms with Crippen LogP contribution in [0.2, 0.25) is 0 Å². The van der Waals surface area contributed by atoms with Gasteiger partial charge in [-0.2, -0.15) is 0 Å². The van der Waals surface area contributed by atoms with Gasteiger partial charge in [-0.25, -0.2) is 0 Å². The molecule has 0 heterocycles. The first kappa shape index (κ1) is 34.6. The Morgan fingerprint density at radius 1 is 0.649 bits per heavy atom. The topological polar surface area (TPSA) is 72.8 Å². The van der Waals surface area contributed by atoms with Gasteiger partial charge in [0, 0.05) is 12.8 Å². The average Bonchev–Trinajstić information content (AvgIpc) is 2.90. The maximum Gasteiger partial charge on any atom is 0.306 e. The van der Waals surface area contributed by atoms with Crippen molar-refractivity contribution in [2.75, 3.05) is 13.2 Å². The minimum atomic E-state index is -0.791. The molecule has 0 aliphatic heterocycles. The molecule has 0 aromatic rings. The van der Waals surface area contributed by atoms with Crippen LogP contribution in [0.3, 0.4) is 0 Å². The van der Waals surface area contributed by atoms with Gasteiger partial charge in [0.05, 0.1) is 6.61 Å². The molecule has 1 unspecified atom stereocenters. The van der Waals surface area contributed by atoms with Crippen LogP contribution >= 0.6 is 0 Å². The van der Waals surface area contributed by atoms with Crippen molar-refractivity contribution >= 4 is 11.9 Å². The quantitative estimate of drug-likeness (QED) is 0.0607. The fourth-order valence-corrected chi connectivity index (χ4v) is 3.42. The van der Waals surface area contributed by atoms with E-state index in [1.54, 1.807) is 0 Å². The molecule has 0 rings (SSSR count). The van der Waals surface area contributed by atoms with Crippen molar-refractivity contribution in [3.8, 4) is 0 Å². The van der Waals surface area contributed by atoms with Gasteiger partial charge in [-0.1, -0.05) is 107 Å². The lowest BCUT2D eigenvalue weighted by molar-refractivity contribution is -0.161. The molecule has 0 amide bonds. The van der Waals surface area contributed by atoms with Gasteiger partial charge in [0.2, 0.25) is 0 Å². The van der Waals surface area contributed by atoms with Crippen LogP contribution in [0.15, 0.2) is 60.8 Å². The van der Waals surface area contributed by atoms with Crippen LogP contribution in [0, 0.1) is 0 Å². The standard InChI is InChI=1S/C32H52O5/c1-3-5-7-9-11-13-15-16-17-19-20-22-24-26-31(34)36-29-30(28-33)37-32(35)27-25-23-21-18-14-12-10-8-6-4-2/h5,7,9-13,15-17,30,33H,3-4,6,8,14,18-29H2,1-2H3/b7-5+,11-9+,12-10+,15-13+,17-16+. The van der Waals surface area contributed by atoms with E-state index < -0.39 is 6.10 Å². The highest BCUT2D eigenvalue weighted by Gasteiger charge is 2.15. The Morgan fingerprint density at radius 2 is 1.19 bits per heavy atom. The van der Waals surface area contributed by atoms with Crippen LogP contribution < -0.4 is 0 Å². The summed E-state index contributed by atoms with van der Waals surface area (Å²) in [6.45, 7) is 3.86. The fraction of sp³-hybridized carbons (Fsp3) is 0.625. The Labute approximate surface area is 226 Å². The zero-order valence-corrected chi connectivity index (χ0v) is 23.5. The molecule has 0 spiro atoms. The minimum Gasteiger partial charge on any atom is -0.462 e. The molecule has 0 saturated carbocycles. The lowest BCUT2D eigenvalue weighted by atomic mass is 10.1. The SMILES string of the molecule is CC/C=C/C=C/C=C/C=C/CCCCCC(=O)OCC(CO)OC(=O)CCCCCC/C=C/CCCC. The third-order valence-corrected chi connectivity index (χ3v) is 5.64. The van der Waals surface area contributed by atoms with Gasteiger partial charge in [0.25, 0.3) is 0 Å². The van der Waals surface area contributed by atoms with E-state index in [-0.39, 0.29) is 25.2 Å². The normalized spacial score (nSPS) is 13.1. The number of ether oxygens (including phenoxy) is 2. The molecule has 5 heteroatoms. The van der Waals surface area contributed by atoms with E-state index in [0.717, 1.165) is 70.6 Å². The molecule has 0 aromatic heterocycles. The first-order chi connectivity index (χ1) is 18.1. The van der Waals surface area contributed by atoms with E-state index in [1.807, 2.05) is 36.5 Å². The Balaban J connectivity index is 3.75. The Kier molecular flexibility index (Phi) is 26.3. The van der Waals surface area contributed by atoms with Crippen LogP contribution in [0.1, 0.15) is 110 Å². The number of hydrogen-bond donors (Lipinski definition) is 1. The van der Waals surface area contributed by atoms with Crippen LogP contribution in [-0.4, -0.2) is 36.4 Å². The molecular weight excluding hydrogens is 464 g/mol. The van der Waals surface area contributed by atoms with E-state index in [0.29, 0.717) is 12.8 Å². The van der Waals surface area contributed by atoms with Gasteiger partial charge < -0.3 is 14.6 Å². The van der Waals surface area contributed by atoms with Crippen LogP contribution in [-0.2, 0) is 19.1 Å². The predicted octanol–water partition coefficient (Wildman–Crippen LogP) is 8.11. The van der Waals surface area contributed by atoms with E-state index in [9.17, 15) is 14.7 Å². The summed E-state index contributed by atoms with van der Waals surface area (Å²) in [7, 11) is 0. The number of allylic oxidation sites excluding steroid dienone is 10. The summed E-state index contributed by atoms with van der Waals surface area (Å²) in [5, 5.41) is 9.44. The predicted molar refractivity (Wildman–Crippen MR) is 154 cm³/mol. The molecule has 0 aliphatic carbocycles. The second-order valence-electron chi connectivity index (χ2n) is 9.18. The van der Waals surface area contributed by atoms with Gasteiger partial charge in [0.15, 0.2) is 6.10 Å². The highest BCUT2D eigenvalue weighted by molar-refractivity contribution is 5.70. The van der Waals surface area contributed by atoms with Crippen molar-refractivity contribution in [2.45, 2.75) is 116 Å². The van der Waals surface area contributed by atoms with Crippen molar-refractivity contribution in [1.29, 1.82) is 0 Å². The zero-order valence-electron chi connectivity index (χ0n) is 23.5. The summed E-state index contributed by atoms with van der Waals surface area (Å²) in [5.74, 6) is -0.664. The van der Waals surface area contributed by atoms with Crippen molar-refractivity contribution in [2.24, 2.45) is 0 Å². The molecule has 0 aromatic carbocycles. The second-order valence-corrected chi connectivity index (χ2v) is 9.18. The summed E-state index contributed by atoms with van der Waals surface area (Å²) in [6.07, 6.45) is 34.1. The van der Waals surface area contributed by atoms with E-state index >= 15 is 0 Å². The van der Waals surface area contributed by atoms with E-state index in [4.69, 9.17) is 9.47 Å². The first-order valence-electron chi connectivity index (χ1n) is 14.4. The molecule has 0 bridgehead atoms. The van der Waals surface area contributed by atoms with Gasteiger partial charge in [0.1, 0.15) is 6.61 Å². The van der Waals surface area contributed by atoms with Gasteiger partial charge >= 0.3 is 11.9 Å². The van der Waals surface area contributed by atoms with Crippen LogP contribution in [0.4, 0.5) is 0 Å². The van der Waals surface area contributed by atoms with Crippen molar-refractivity contribution in [1.82, 2.24) is 0 Å². The Bertz CT molecular complexity index is 687. The third kappa shape index (κ3) is 26.5. The summed E-state index contributed by atoms with van der Waals surface area (Å²) in [6, 6.07) is 0. The monoisotopic (exact) mass is 516 g/mol. The molecule has 210 valence electrons. The van der Waals surface area contributed by atoms with Crippen molar-refractivity contribution in [3.63, 3.8) is 0 Å². The van der Waals surface area contributed by atoms with Crippen molar-refractivity contribution < 1.29 is 24.2 Å². The molecule has 0 aliphatic rings. The molecule has 5 nitrogen and oxygen atoms in total. The number of esters is 2. The molecule has 1 N–H and O–H groups in total. The largest absolute Gasteiger partial charge is 0.462 e. The molecule has 0 saturated heterocycles. The zero-order chi connectivity index (χ0) is 27.2. The minimum absolute atomic E-state index is 0.0941. The third-order valence-electron chi connectivity index (χ3n) is 5.64. The second kappa shape index (κ2) is 28.2. The number of unbranched alkanes of at least 4 members (excludes halogenated alkanes) is 9. The number of carbonyl (C=O) groups is 2. The summed E-state index contributed by atoms with van der Waals surface area (Å²) >= 11 is 0. The van der Waals surface area contributed by atoms with Crippen LogP contribution in [0.25, 0.3) is 0 Å². The molecular formula is C32H52O5. The summed E-state index contributed by atoms with van der Waals surface area (Å²) in [4.78, 5) is 23.9. The molecule has 0 radical (unpaired) electrons. The summed E-state index contributed by atoms with van der Waals surface area (Å²) < 4.78 is 10.4. The number of rotatable bonds is 24. The molecule has 1 atom stereocenters. The maximum absolute atomic E-state index is 12.0. The van der Waals surface area contributed by atoms with Gasteiger partial charge in [-0.15, -0.1) is 0 Å². The highest BCUT2D eigenvalue weighted by atomic mass is 16.6. The van der Waals surface area contributed by atoms with E-state index in [1.165, 1.54) is 12.8 Å². The highest BCUT2D eigenvalue weighted by Crippen LogP contribution is 2.09. The maximum atomic E-state index is 12.0. The number of hydrogen-bond acceptors (Lipinski definition) is 5. The fourth-order valence-electron chi connectivity index (χ4n) is 3.42. The van der Waals surface area contributed by atoms with Gasteiger partial charge in [-0.3, -0.25) is 9.59 Å². The van der Waals surface area contributed by atoms with Crippen LogP contribution in [0.5, 0.6) is 0 Å². The molecule has 0 fully saturated rings. The Morgan fingerprint density at radius 3 is 1.84 bits per heavy atom. The smallest absolute Gasteiger partial charge is 0.306 e. The first-order valence-corrected chi connectivity index (χ1v) is 14.4. The number of aliphatic hydroxyl groups is 1. The lowest BCUT2D eigenvalue weighted by Crippen LogP contribution is -2.28. The molecule has 37 heavy (non-hydrogen) atoms. The van der Waals surface area contributed by atoms with Crippen molar-refractivity contribution in [3.05, 3.63) is 60.8 Å². The Hall–Kier alpha value is -2.40.